The average molecular weight is 361 g/mol. The fourth-order valence-corrected chi connectivity index (χ4v) is 2.60. The van der Waals surface area contributed by atoms with Crippen LogP contribution in [-0.4, -0.2) is 87.3 Å². The lowest BCUT2D eigenvalue weighted by atomic mass is 9.93. The van der Waals surface area contributed by atoms with Crippen molar-refractivity contribution in [3.05, 3.63) is 12.2 Å². The predicted octanol–water partition coefficient (Wildman–Crippen LogP) is -2.19. The van der Waals surface area contributed by atoms with Crippen LogP contribution in [0.25, 0.3) is 0 Å². The van der Waals surface area contributed by atoms with Crippen LogP contribution in [-0.2, 0) is 0 Å². The van der Waals surface area contributed by atoms with Gasteiger partial charge in [-0.3, -0.25) is 0 Å². The number of urea groups is 1. The van der Waals surface area contributed by atoms with Crippen molar-refractivity contribution in [3.8, 4) is 0 Å². The Morgan fingerprint density at radius 2 is 1.80 bits per heavy atom. The molecule has 0 fully saturated rings. The van der Waals surface area contributed by atoms with Crippen molar-refractivity contribution in [2.45, 2.75) is 69.3 Å². The summed E-state index contributed by atoms with van der Waals surface area (Å²) in [5, 5.41) is 57.3. The molecule has 7 unspecified atom stereocenters. The van der Waals surface area contributed by atoms with E-state index in [2.05, 4.69) is 16.0 Å². The highest BCUT2D eigenvalue weighted by Crippen LogP contribution is 2.14. The van der Waals surface area contributed by atoms with E-state index in [9.17, 15) is 30.3 Å². The van der Waals surface area contributed by atoms with E-state index in [1.807, 2.05) is 0 Å². The highest BCUT2D eigenvalue weighted by atomic mass is 16.4. The van der Waals surface area contributed by atoms with Gasteiger partial charge in [-0.1, -0.05) is 19.1 Å². The first-order chi connectivity index (χ1) is 11.8. The molecule has 0 radical (unpaired) electrons. The molecule has 0 saturated heterocycles. The molecule has 146 valence electrons. The Morgan fingerprint density at radius 3 is 2.40 bits per heavy atom. The molecule has 1 aliphatic carbocycles. The van der Waals surface area contributed by atoms with E-state index < -0.39 is 48.6 Å². The maximum Gasteiger partial charge on any atom is 0.315 e. The third kappa shape index (κ3) is 6.89. The van der Waals surface area contributed by atoms with Gasteiger partial charge in [-0.25, -0.2) is 4.79 Å². The molecule has 1 aliphatic rings. The minimum absolute atomic E-state index is 0.0969. The number of amides is 2. The standard InChI is InChI=1S/C16H31N3O6/c1-3-9(20)7-13(22)11(19-16(25)17-4-2)8-18-10-5-6-12(21)15(24)14(10)23/h5-6,9-15,18,20-24H,3-4,7-8H2,1-2H3,(H2,17,19,25). The largest absolute Gasteiger partial charge is 0.393 e. The van der Waals surface area contributed by atoms with Crippen LogP contribution in [0.3, 0.4) is 0 Å². The van der Waals surface area contributed by atoms with Crippen molar-refractivity contribution in [1.29, 1.82) is 0 Å². The molecule has 0 bridgehead atoms. The predicted molar refractivity (Wildman–Crippen MR) is 91.9 cm³/mol. The SMILES string of the molecule is CCNC(=O)NC(CNC1C=CC(O)C(O)C1O)C(O)CC(O)CC. The Morgan fingerprint density at radius 1 is 1.12 bits per heavy atom. The third-order valence-electron chi connectivity index (χ3n) is 4.26. The summed E-state index contributed by atoms with van der Waals surface area (Å²) >= 11 is 0. The van der Waals surface area contributed by atoms with Crippen molar-refractivity contribution in [2.75, 3.05) is 13.1 Å². The Kier molecular flexibility index (Phi) is 9.33. The van der Waals surface area contributed by atoms with Crippen molar-refractivity contribution < 1.29 is 30.3 Å². The van der Waals surface area contributed by atoms with E-state index in [1.54, 1.807) is 13.8 Å². The van der Waals surface area contributed by atoms with Crippen molar-refractivity contribution in [2.24, 2.45) is 0 Å². The average Bonchev–Trinajstić information content (AvgIpc) is 2.57. The van der Waals surface area contributed by atoms with E-state index in [-0.39, 0.29) is 13.0 Å². The quantitative estimate of drug-likeness (QED) is 0.217. The molecule has 9 nitrogen and oxygen atoms in total. The molecule has 8 N–H and O–H groups in total. The van der Waals surface area contributed by atoms with E-state index in [1.165, 1.54) is 12.2 Å². The smallest absolute Gasteiger partial charge is 0.315 e. The number of aliphatic hydroxyl groups is 5. The van der Waals surface area contributed by atoms with Crippen LogP contribution in [0.5, 0.6) is 0 Å². The van der Waals surface area contributed by atoms with Gasteiger partial charge in [0.15, 0.2) is 0 Å². The Hall–Kier alpha value is -1.23. The maximum atomic E-state index is 11.8. The summed E-state index contributed by atoms with van der Waals surface area (Å²) in [6, 6.07) is -1.80. The zero-order chi connectivity index (χ0) is 19.0. The van der Waals surface area contributed by atoms with Crippen LogP contribution in [0.4, 0.5) is 4.79 Å². The number of rotatable bonds is 9. The molecule has 1 rings (SSSR count). The van der Waals surface area contributed by atoms with Crippen LogP contribution in [0.1, 0.15) is 26.7 Å². The molecule has 0 spiro atoms. The Bertz CT molecular complexity index is 436. The van der Waals surface area contributed by atoms with Gasteiger partial charge in [0, 0.05) is 19.5 Å². The molecule has 0 aliphatic heterocycles. The molecular formula is C16H31N3O6. The fraction of sp³-hybridized carbons (Fsp3) is 0.812. The van der Waals surface area contributed by atoms with Crippen LogP contribution >= 0.6 is 0 Å². The maximum absolute atomic E-state index is 11.8. The van der Waals surface area contributed by atoms with Gasteiger partial charge < -0.3 is 41.5 Å². The van der Waals surface area contributed by atoms with Gasteiger partial charge in [0.2, 0.25) is 0 Å². The summed E-state index contributed by atoms with van der Waals surface area (Å²) in [6.07, 6.45) is -1.88. The first-order valence-electron chi connectivity index (χ1n) is 8.66. The van der Waals surface area contributed by atoms with Gasteiger partial charge in [0.1, 0.15) is 18.3 Å². The minimum Gasteiger partial charge on any atom is -0.393 e. The number of carbonyl (C=O) groups is 1. The van der Waals surface area contributed by atoms with Crippen LogP contribution in [0, 0.1) is 0 Å². The number of carbonyl (C=O) groups excluding carboxylic acids is 1. The summed E-state index contributed by atoms with van der Waals surface area (Å²) in [5.74, 6) is 0. The second-order valence-corrected chi connectivity index (χ2v) is 6.27. The molecule has 0 saturated carbocycles. The molecule has 0 aromatic rings. The minimum atomic E-state index is -1.32. The molecule has 25 heavy (non-hydrogen) atoms. The van der Waals surface area contributed by atoms with Gasteiger partial charge in [-0.05, 0) is 13.3 Å². The normalized spacial score (nSPS) is 29.7. The third-order valence-corrected chi connectivity index (χ3v) is 4.26. The zero-order valence-electron chi connectivity index (χ0n) is 14.7. The molecule has 0 aromatic carbocycles. The molecular weight excluding hydrogens is 330 g/mol. The van der Waals surface area contributed by atoms with E-state index >= 15 is 0 Å². The lowest BCUT2D eigenvalue weighted by Gasteiger charge is -2.33. The topological polar surface area (TPSA) is 154 Å². The number of aliphatic hydroxyl groups excluding tert-OH is 5. The lowest BCUT2D eigenvalue weighted by Crippen LogP contribution is -2.57. The fourth-order valence-electron chi connectivity index (χ4n) is 2.60. The van der Waals surface area contributed by atoms with E-state index in [0.717, 1.165) is 0 Å². The van der Waals surface area contributed by atoms with Crippen LogP contribution in [0.15, 0.2) is 12.2 Å². The highest BCUT2D eigenvalue weighted by molar-refractivity contribution is 5.74. The van der Waals surface area contributed by atoms with Gasteiger partial charge in [-0.15, -0.1) is 0 Å². The van der Waals surface area contributed by atoms with E-state index in [4.69, 9.17) is 0 Å². The summed E-state index contributed by atoms with van der Waals surface area (Å²) in [7, 11) is 0. The van der Waals surface area contributed by atoms with Crippen LogP contribution in [0.2, 0.25) is 0 Å². The lowest BCUT2D eigenvalue weighted by molar-refractivity contribution is -0.0571. The van der Waals surface area contributed by atoms with Gasteiger partial charge in [0.05, 0.1) is 24.3 Å². The van der Waals surface area contributed by atoms with Crippen molar-refractivity contribution >= 4 is 6.03 Å². The Balaban J connectivity index is 2.68. The second-order valence-electron chi connectivity index (χ2n) is 6.27. The molecule has 0 aromatic heterocycles. The summed E-state index contributed by atoms with van der Waals surface area (Å²) in [6.45, 7) is 4.08. The van der Waals surface area contributed by atoms with Crippen molar-refractivity contribution in [3.63, 3.8) is 0 Å². The zero-order valence-corrected chi connectivity index (χ0v) is 14.7. The second kappa shape index (κ2) is 10.7. The first kappa shape index (κ1) is 21.8. The van der Waals surface area contributed by atoms with Gasteiger partial charge >= 0.3 is 6.03 Å². The van der Waals surface area contributed by atoms with Crippen molar-refractivity contribution in [1.82, 2.24) is 16.0 Å². The monoisotopic (exact) mass is 361 g/mol. The summed E-state index contributed by atoms with van der Waals surface area (Å²) in [5.41, 5.74) is 0. The highest BCUT2D eigenvalue weighted by Gasteiger charge is 2.33. The molecule has 7 atom stereocenters. The van der Waals surface area contributed by atoms with E-state index in [0.29, 0.717) is 13.0 Å². The molecule has 9 heteroatoms. The molecule has 0 heterocycles. The van der Waals surface area contributed by atoms with Gasteiger partial charge in [0.25, 0.3) is 0 Å². The number of hydrogen-bond acceptors (Lipinski definition) is 7. The number of hydrogen-bond donors (Lipinski definition) is 8. The van der Waals surface area contributed by atoms with Crippen LogP contribution < -0.4 is 16.0 Å². The number of nitrogens with one attached hydrogen (secondary N) is 3. The summed E-state index contributed by atoms with van der Waals surface area (Å²) in [4.78, 5) is 11.8. The first-order valence-corrected chi connectivity index (χ1v) is 8.66. The summed E-state index contributed by atoms with van der Waals surface area (Å²) < 4.78 is 0. The molecule has 2 amide bonds. The van der Waals surface area contributed by atoms with Gasteiger partial charge in [-0.2, -0.15) is 0 Å². The Labute approximate surface area is 147 Å².